The number of hydrogen-bond acceptors (Lipinski definition) is 3. The van der Waals surface area contributed by atoms with Gasteiger partial charge in [0.05, 0.1) is 0 Å². The van der Waals surface area contributed by atoms with Gasteiger partial charge in [-0.1, -0.05) is 75.3 Å². The Hall–Kier alpha value is -1.97. The summed E-state index contributed by atoms with van der Waals surface area (Å²) >= 11 is 0. The largest absolute Gasteiger partial charge is 0.300 e. The molecular weight excluding hydrogens is 422 g/mol. The van der Waals surface area contributed by atoms with Crippen LogP contribution in [0.1, 0.15) is 99.8 Å². The second kappa shape index (κ2) is 15.8. The highest BCUT2D eigenvalue weighted by Gasteiger charge is 2.38. The van der Waals surface area contributed by atoms with E-state index < -0.39 is 6.04 Å². The lowest BCUT2D eigenvalue weighted by atomic mass is 9.68. The van der Waals surface area contributed by atoms with Crippen molar-refractivity contribution >= 4 is 5.78 Å². The number of hydrogen-bond donors (Lipinski definition) is 0. The van der Waals surface area contributed by atoms with E-state index in [2.05, 4.69) is 47.1 Å². The summed E-state index contributed by atoms with van der Waals surface area (Å²) in [5, 5.41) is 11.0. The van der Waals surface area contributed by atoms with Crippen molar-refractivity contribution in [2.45, 2.75) is 106 Å². The maximum atomic E-state index is 11.5. The normalized spacial score (nSPS) is 28.2. The quantitative estimate of drug-likeness (QED) is 0.211. The van der Waals surface area contributed by atoms with E-state index in [0.717, 1.165) is 48.8 Å². The van der Waals surface area contributed by atoms with E-state index in [1.807, 2.05) is 20.8 Å². The van der Waals surface area contributed by atoms with Gasteiger partial charge in [0.15, 0.2) is 0 Å². The third-order valence-electron chi connectivity index (χ3n) is 7.62. The summed E-state index contributed by atoms with van der Waals surface area (Å²) in [6, 6.07) is -0.460. The van der Waals surface area contributed by atoms with Gasteiger partial charge in [0.25, 0.3) is 0 Å². The highest BCUT2D eigenvalue weighted by Crippen LogP contribution is 2.40. The van der Waals surface area contributed by atoms with Crippen LogP contribution in [0.15, 0.2) is 48.6 Å². The second-order valence-electron chi connectivity index (χ2n) is 10.7. The van der Waals surface area contributed by atoms with E-state index in [1.54, 1.807) is 6.92 Å². The predicted molar refractivity (Wildman–Crippen MR) is 146 cm³/mol. The van der Waals surface area contributed by atoms with Crippen molar-refractivity contribution in [3.63, 3.8) is 0 Å². The summed E-state index contributed by atoms with van der Waals surface area (Å²) in [5.41, 5.74) is 4.42. The van der Waals surface area contributed by atoms with Gasteiger partial charge in [-0.25, -0.2) is 0 Å². The Labute approximate surface area is 209 Å². The number of nitrogens with zero attached hydrogens (tertiary/aromatic N) is 1. The van der Waals surface area contributed by atoms with Crippen LogP contribution in [0.3, 0.4) is 0 Å². The molecule has 6 atom stereocenters. The minimum atomic E-state index is -0.460. The van der Waals surface area contributed by atoms with Crippen molar-refractivity contribution < 1.29 is 9.72 Å². The van der Waals surface area contributed by atoms with Gasteiger partial charge in [-0.15, -0.1) is 0 Å². The summed E-state index contributed by atoms with van der Waals surface area (Å²) in [5.74, 6) is 1.85. The van der Waals surface area contributed by atoms with Crippen LogP contribution in [0.5, 0.6) is 0 Å². The zero-order chi connectivity index (χ0) is 26.6. The van der Waals surface area contributed by atoms with E-state index in [1.165, 1.54) is 18.4 Å². The fourth-order valence-corrected chi connectivity index (χ4v) is 5.05. The third kappa shape index (κ3) is 10.5. The molecule has 0 radical (unpaired) electrons. The standard InChI is InChI=1S/C14H22O.C12H19NO2.C4H10/c1-9(2)12-6-7-13(11(5)15)14(8-12)10(3)4;1-8(2)10-5-6-11(9(3)4)12(7-10)13(14)15;1-3-4-2/h12-14H,1,3,6-8H2,2,4-5H3;10-12H,1,3,5-7H2,2,4H3;3-4H2,1-2H3. The highest BCUT2D eigenvalue weighted by atomic mass is 16.6. The maximum absolute atomic E-state index is 11.5. The molecule has 0 bridgehead atoms. The van der Waals surface area contributed by atoms with Crippen LogP contribution >= 0.6 is 0 Å². The molecule has 6 unspecified atom stereocenters. The first-order chi connectivity index (χ1) is 15.8. The fourth-order valence-electron chi connectivity index (χ4n) is 5.05. The van der Waals surface area contributed by atoms with Crippen molar-refractivity contribution in [3.8, 4) is 0 Å². The van der Waals surface area contributed by atoms with Crippen LogP contribution in [-0.4, -0.2) is 16.7 Å². The summed E-state index contributed by atoms with van der Waals surface area (Å²) in [6.07, 6.45) is 8.33. The van der Waals surface area contributed by atoms with Gasteiger partial charge in [-0.3, -0.25) is 14.9 Å². The zero-order valence-electron chi connectivity index (χ0n) is 23.1. The summed E-state index contributed by atoms with van der Waals surface area (Å²) in [7, 11) is 0. The molecule has 0 aromatic heterocycles. The molecule has 2 saturated carbocycles. The Morgan fingerprint density at radius 1 is 0.706 bits per heavy atom. The molecule has 0 aliphatic heterocycles. The fraction of sp³-hybridized carbons (Fsp3) is 0.700. The molecule has 0 spiro atoms. The Morgan fingerprint density at radius 3 is 1.44 bits per heavy atom. The molecule has 2 aliphatic carbocycles. The molecule has 0 aromatic carbocycles. The van der Waals surface area contributed by atoms with Crippen molar-refractivity contribution in [2.24, 2.45) is 29.6 Å². The number of ketones is 1. The molecule has 2 aliphatic rings. The SMILES string of the molecule is C=C(C)C1CCC(C(=C)C)C([N+](=O)[O-])C1.C=C(C)C1CCC(C(C)=O)C(C(=C)C)C1.CCCC. The average Bonchev–Trinajstić information content (AvgIpc) is 2.78. The monoisotopic (exact) mass is 473 g/mol. The van der Waals surface area contributed by atoms with Crippen LogP contribution in [0.4, 0.5) is 0 Å². The summed E-state index contributed by atoms with van der Waals surface area (Å²) in [6.45, 7) is 29.9. The number of Topliss-reactive ketones (excluding diaryl/α,β-unsaturated/α-hetero) is 1. The Balaban J connectivity index is 0.000000554. The number of allylic oxidation sites excluding steroid dienone is 3. The first-order valence-electron chi connectivity index (χ1n) is 13.0. The topological polar surface area (TPSA) is 60.2 Å². The van der Waals surface area contributed by atoms with Gasteiger partial charge in [0.1, 0.15) is 5.78 Å². The van der Waals surface area contributed by atoms with Crippen molar-refractivity contribution in [1.82, 2.24) is 0 Å². The van der Waals surface area contributed by atoms with Gasteiger partial charge in [0.2, 0.25) is 6.04 Å². The van der Waals surface area contributed by atoms with E-state index in [-0.39, 0.29) is 16.8 Å². The Morgan fingerprint density at radius 2 is 1.12 bits per heavy atom. The van der Waals surface area contributed by atoms with Crippen LogP contribution < -0.4 is 0 Å². The van der Waals surface area contributed by atoms with Gasteiger partial charge in [-0.2, -0.15) is 0 Å². The van der Waals surface area contributed by atoms with Crippen LogP contribution in [-0.2, 0) is 4.79 Å². The van der Waals surface area contributed by atoms with Crippen LogP contribution in [0.2, 0.25) is 0 Å². The Bertz CT molecular complexity index is 673. The Kier molecular flexibility index (Phi) is 14.9. The van der Waals surface area contributed by atoms with Crippen molar-refractivity contribution in [1.29, 1.82) is 0 Å². The number of unbranched alkanes of at least 4 members (excludes halogenated alkanes) is 1. The summed E-state index contributed by atoms with van der Waals surface area (Å²) < 4.78 is 0. The molecule has 0 amide bonds. The number of carbonyl (C=O) groups is 1. The highest BCUT2D eigenvalue weighted by molar-refractivity contribution is 5.79. The van der Waals surface area contributed by atoms with E-state index in [9.17, 15) is 14.9 Å². The van der Waals surface area contributed by atoms with Crippen LogP contribution in [0.25, 0.3) is 0 Å². The molecule has 4 heteroatoms. The number of nitro groups is 1. The van der Waals surface area contributed by atoms with Crippen molar-refractivity contribution in [3.05, 3.63) is 58.7 Å². The van der Waals surface area contributed by atoms with Gasteiger partial charge < -0.3 is 0 Å². The number of carbonyl (C=O) groups excluding carboxylic acids is 1. The predicted octanol–water partition coefficient (Wildman–Crippen LogP) is 8.77. The smallest absolute Gasteiger partial charge is 0.220 e. The zero-order valence-corrected chi connectivity index (χ0v) is 23.1. The molecule has 4 nitrogen and oxygen atoms in total. The van der Waals surface area contributed by atoms with Crippen LogP contribution in [0, 0.1) is 39.7 Å². The van der Waals surface area contributed by atoms with E-state index >= 15 is 0 Å². The van der Waals surface area contributed by atoms with E-state index in [0.29, 0.717) is 30.0 Å². The van der Waals surface area contributed by atoms with Gasteiger partial charge >= 0.3 is 0 Å². The molecule has 0 N–H and O–H groups in total. The molecule has 0 aromatic rings. The molecular formula is C30H51NO3. The first kappa shape index (κ1) is 32.0. The minimum Gasteiger partial charge on any atom is -0.300 e. The molecule has 2 fully saturated rings. The molecule has 0 heterocycles. The van der Waals surface area contributed by atoms with Gasteiger partial charge in [-0.05, 0) is 84.5 Å². The number of rotatable bonds is 7. The lowest BCUT2D eigenvalue weighted by Gasteiger charge is -2.35. The van der Waals surface area contributed by atoms with E-state index in [4.69, 9.17) is 0 Å². The summed E-state index contributed by atoms with van der Waals surface area (Å²) in [4.78, 5) is 22.4. The molecule has 2 rings (SSSR count). The average molecular weight is 474 g/mol. The lowest BCUT2D eigenvalue weighted by Crippen LogP contribution is -2.36. The second-order valence-corrected chi connectivity index (χ2v) is 10.7. The molecule has 0 saturated heterocycles. The first-order valence-corrected chi connectivity index (χ1v) is 13.0. The third-order valence-corrected chi connectivity index (χ3v) is 7.62. The van der Waals surface area contributed by atoms with Gasteiger partial charge in [0, 0.05) is 23.2 Å². The van der Waals surface area contributed by atoms with Crippen molar-refractivity contribution in [2.75, 3.05) is 0 Å². The molecule has 194 valence electrons. The molecule has 34 heavy (non-hydrogen) atoms. The maximum Gasteiger partial charge on any atom is 0.220 e. The lowest BCUT2D eigenvalue weighted by molar-refractivity contribution is -0.534. The minimum absolute atomic E-state index is 0.0515.